The van der Waals surface area contributed by atoms with Gasteiger partial charge in [0.25, 0.3) is 0 Å². The number of nitrogens with two attached hydrogens (primary N) is 1. The number of anilines is 1. The monoisotopic (exact) mass is 297 g/mol. The van der Waals surface area contributed by atoms with Crippen molar-refractivity contribution < 1.29 is 4.79 Å². The molecule has 0 bridgehead atoms. The van der Waals surface area contributed by atoms with E-state index in [2.05, 4.69) is 20.5 Å². The highest BCUT2D eigenvalue weighted by Crippen LogP contribution is 2.22. The number of nitrogens with zero attached hydrogens (tertiary/aromatic N) is 3. The molecule has 2 rings (SSSR count). The number of aromatic nitrogens is 3. The van der Waals surface area contributed by atoms with Crippen LogP contribution in [0.2, 0.25) is 0 Å². The van der Waals surface area contributed by atoms with Gasteiger partial charge in [-0.2, -0.15) is 0 Å². The van der Waals surface area contributed by atoms with Crippen LogP contribution in [0, 0.1) is 0 Å². The van der Waals surface area contributed by atoms with Crippen molar-refractivity contribution in [3.8, 4) is 0 Å². The summed E-state index contributed by atoms with van der Waals surface area (Å²) in [5, 5.41) is 14.8. The number of thiazole rings is 1. The van der Waals surface area contributed by atoms with E-state index in [1.165, 1.54) is 22.7 Å². The molecule has 0 saturated heterocycles. The van der Waals surface area contributed by atoms with E-state index < -0.39 is 0 Å². The molecule has 0 fully saturated rings. The molecule has 0 aromatic carbocycles. The van der Waals surface area contributed by atoms with Crippen molar-refractivity contribution in [2.45, 2.75) is 32.7 Å². The average molecular weight is 297 g/mol. The summed E-state index contributed by atoms with van der Waals surface area (Å²) in [4.78, 5) is 16.1. The van der Waals surface area contributed by atoms with Gasteiger partial charge in [-0.1, -0.05) is 25.2 Å². The van der Waals surface area contributed by atoms with Crippen molar-refractivity contribution in [1.29, 1.82) is 0 Å². The number of rotatable bonds is 5. The van der Waals surface area contributed by atoms with Crippen LogP contribution in [-0.2, 0) is 17.8 Å². The highest BCUT2D eigenvalue weighted by molar-refractivity contribution is 7.15. The summed E-state index contributed by atoms with van der Waals surface area (Å²) in [7, 11) is 0. The molecule has 8 heteroatoms. The van der Waals surface area contributed by atoms with E-state index in [1.54, 1.807) is 0 Å². The second-order valence-electron chi connectivity index (χ2n) is 4.26. The Balaban J connectivity index is 1.93. The summed E-state index contributed by atoms with van der Waals surface area (Å²) in [5.74, 6) is 0.175. The van der Waals surface area contributed by atoms with Crippen molar-refractivity contribution >= 4 is 33.7 Å². The summed E-state index contributed by atoms with van der Waals surface area (Å²) in [5.41, 5.74) is 6.21. The van der Waals surface area contributed by atoms with Crippen LogP contribution in [0.1, 0.15) is 35.5 Å². The van der Waals surface area contributed by atoms with Gasteiger partial charge >= 0.3 is 0 Å². The molecule has 2 aromatic rings. The standard InChI is InChI=1S/C11H15N5OS2/c1-6(2)10-15-16-11(19-10)14-8(17)3-7-5-18-9(4-12)13-7/h5-6H,3-4,12H2,1-2H3,(H,14,16,17). The van der Waals surface area contributed by atoms with Gasteiger partial charge in [-0.05, 0) is 0 Å². The van der Waals surface area contributed by atoms with E-state index in [4.69, 9.17) is 5.73 Å². The molecule has 0 spiro atoms. The summed E-state index contributed by atoms with van der Waals surface area (Å²) in [6.45, 7) is 4.48. The van der Waals surface area contributed by atoms with Crippen molar-refractivity contribution in [3.05, 3.63) is 21.1 Å². The predicted octanol–water partition coefficient (Wildman–Crippen LogP) is 1.76. The van der Waals surface area contributed by atoms with E-state index in [9.17, 15) is 4.79 Å². The normalized spacial score (nSPS) is 10.9. The molecule has 0 saturated carbocycles. The molecule has 2 heterocycles. The fraction of sp³-hybridized carbons (Fsp3) is 0.455. The van der Waals surface area contributed by atoms with Crippen LogP contribution in [0.4, 0.5) is 5.13 Å². The van der Waals surface area contributed by atoms with Crippen LogP contribution >= 0.6 is 22.7 Å². The second-order valence-corrected chi connectivity index (χ2v) is 6.21. The number of nitrogens with one attached hydrogen (secondary N) is 1. The number of carbonyl (C=O) groups excluding carboxylic acids is 1. The van der Waals surface area contributed by atoms with Crippen LogP contribution in [0.15, 0.2) is 5.38 Å². The van der Waals surface area contributed by atoms with Crippen LogP contribution in [0.3, 0.4) is 0 Å². The first-order valence-electron chi connectivity index (χ1n) is 5.85. The molecule has 0 aliphatic heterocycles. The molecular weight excluding hydrogens is 282 g/mol. The van der Waals surface area contributed by atoms with E-state index in [1.807, 2.05) is 19.2 Å². The molecule has 0 unspecified atom stereocenters. The fourth-order valence-corrected chi connectivity index (χ4v) is 2.81. The molecule has 19 heavy (non-hydrogen) atoms. The van der Waals surface area contributed by atoms with Gasteiger partial charge < -0.3 is 11.1 Å². The Labute approximate surface area is 119 Å². The van der Waals surface area contributed by atoms with Crippen LogP contribution in [-0.4, -0.2) is 21.1 Å². The second kappa shape index (κ2) is 6.18. The summed E-state index contributed by atoms with van der Waals surface area (Å²) in [6, 6.07) is 0. The molecule has 102 valence electrons. The largest absolute Gasteiger partial charge is 0.325 e. The summed E-state index contributed by atoms with van der Waals surface area (Å²) < 4.78 is 0. The first-order valence-corrected chi connectivity index (χ1v) is 7.54. The summed E-state index contributed by atoms with van der Waals surface area (Å²) >= 11 is 2.86. The van der Waals surface area contributed by atoms with E-state index in [-0.39, 0.29) is 12.3 Å². The third-order valence-corrected chi connectivity index (χ3v) is 4.36. The lowest BCUT2D eigenvalue weighted by Gasteiger charge is -1.98. The molecule has 0 atom stereocenters. The molecular formula is C11H15N5OS2. The van der Waals surface area contributed by atoms with Gasteiger partial charge in [-0.15, -0.1) is 21.5 Å². The van der Waals surface area contributed by atoms with E-state index >= 15 is 0 Å². The van der Waals surface area contributed by atoms with Crippen molar-refractivity contribution in [2.24, 2.45) is 5.73 Å². The Bertz CT molecular complexity index is 563. The molecule has 0 aliphatic rings. The minimum atomic E-state index is -0.139. The third-order valence-electron chi connectivity index (χ3n) is 2.30. The van der Waals surface area contributed by atoms with Gasteiger partial charge in [0.15, 0.2) is 0 Å². The third kappa shape index (κ3) is 3.79. The van der Waals surface area contributed by atoms with E-state index in [0.29, 0.717) is 17.6 Å². The van der Waals surface area contributed by atoms with Crippen molar-refractivity contribution in [2.75, 3.05) is 5.32 Å². The Morgan fingerprint density at radius 3 is 2.84 bits per heavy atom. The van der Waals surface area contributed by atoms with Crippen LogP contribution < -0.4 is 11.1 Å². The number of hydrogen-bond donors (Lipinski definition) is 2. The highest BCUT2D eigenvalue weighted by atomic mass is 32.1. The first-order chi connectivity index (χ1) is 9.08. The minimum Gasteiger partial charge on any atom is -0.325 e. The first kappa shape index (κ1) is 14.0. The number of carbonyl (C=O) groups is 1. The molecule has 0 aliphatic carbocycles. The van der Waals surface area contributed by atoms with E-state index in [0.717, 1.165) is 15.7 Å². The topological polar surface area (TPSA) is 93.8 Å². The smallest absolute Gasteiger partial charge is 0.232 e. The maximum absolute atomic E-state index is 11.8. The van der Waals surface area contributed by atoms with Crippen molar-refractivity contribution in [1.82, 2.24) is 15.2 Å². The maximum Gasteiger partial charge on any atom is 0.232 e. The fourth-order valence-electron chi connectivity index (χ4n) is 1.37. The lowest BCUT2D eigenvalue weighted by Crippen LogP contribution is -2.14. The van der Waals surface area contributed by atoms with Gasteiger partial charge in [-0.3, -0.25) is 4.79 Å². The zero-order valence-corrected chi connectivity index (χ0v) is 12.3. The predicted molar refractivity (Wildman–Crippen MR) is 76.3 cm³/mol. The minimum absolute atomic E-state index is 0.139. The highest BCUT2D eigenvalue weighted by Gasteiger charge is 2.12. The average Bonchev–Trinajstić information content (AvgIpc) is 2.98. The molecule has 3 N–H and O–H groups in total. The van der Waals surface area contributed by atoms with Gasteiger partial charge in [0.05, 0.1) is 12.1 Å². The lowest BCUT2D eigenvalue weighted by molar-refractivity contribution is -0.115. The zero-order valence-electron chi connectivity index (χ0n) is 10.7. The molecule has 1 amide bonds. The van der Waals surface area contributed by atoms with Gasteiger partial charge in [-0.25, -0.2) is 4.98 Å². The number of amides is 1. The van der Waals surface area contributed by atoms with Crippen LogP contribution in [0.25, 0.3) is 0 Å². The van der Waals surface area contributed by atoms with Gasteiger partial charge in [0, 0.05) is 17.8 Å². The molecule has 2 aromatic heterocycles. The quantitative estimate of drug-likeness (QED) is 0.877. The Morgan fingerprint density at radius 1 is 1.47 bits per heavy atom. The Hall–Kier alpha value is -1.38. The SMILES string of the molecule is CC(C)c1nnc(NC(=O)Cc2csc(CN)n2)s1. The Kier molecular flexibility index (Phi) is 4.56. The lowest BCUT2D eigenvalue weighted by atomic mass is 10.2. The van der Waals surface area contributed by atoms with Crippen molar-refractivity contribution in [3.63, 3.8) is 0 Å². The zero-order chi connectivity index (χ0) is 13.8. The molecule has 6 nitrogen and oxygen atoms in total. The van der Waals surface area contributed by atoms with Gasteiger partial charge in [0.1, 0.15) is 10.0 Å². The number of hydrogen-bond acceptors (Lipinski definition) is 7. The summed E-state index contributed by atoms with van der Waals surface area (Å²) in [6.07, 6.45) is 0.229. The Morgan fingerprint density at radius 2 is 2.26 bits per heavy atom. The van der Waals surface area contributed by atoms with Gasteiger partial charge in [0.2, 0.25) is 11.0 Å². The van der Waals surface area contributed by atoms with Crippen LogP contribution in [0.5, 0.6) is 0 Å². The maximum atomic E-state index is 11.8. The molecule has 0 radical (unpaired) electrons.